The third kappa shape index (κ3) is 3.28. The number of benzene rings is 2. The molecule has 0 amide bonds. The summed E-state index contributed by atoms with van der Waals surface area (Å²) < 4.78 is 5.12. The van der Waals surface area contributed by atoms with Gasteiger partial charge >= 0.3 is 26.2 Å². The number of rotatable bonds is 1. The fourth-order valence-corrected chi connectivity index (χ4v) is 1.29. The minimum atomic E-state index is 0.911. The van der Waals surface area contributed by atoms with Crippen molar-refractivity contribution in [1.29, 1.82) is 5.26 Å². The van der Waals surface area contributed by atoms with Gasteiger partial charge in [0.05, 0.1) is 7.11 Å². The van der Waals surface area contributed by atoms with E-state index in [1.807, 2.05) is 24.3 Å². The molecule has 0 atom stereocenters. The molecular formula is C12H10NOSe. The molecule has 0 saturated heterocycles. The predicted molar refractivity (Wildman–Crippen MR) is 61.9 cm³/mol. The first kappa shape index (κ1) is 11.6. The van der Waals surface area contributed by atoms with Gasteiger partial charge in [-0.3, -0.25) is 0 Å². The van der Waals surface area contributed by atoms with Crippen LogP contribution in [0.25, 0.3) is 10.8 Å². The molecule has 0 aliphatic rings. The Hall–Kier alpha value is -1.49. The van der Waals surface area contributed by atoms with Gasteiger partial charge in [-0.05, 0) is 22.9 Å². The molecule has 3 heteroatoms. The zero-order valence-corrected chi connectivity index (χ0v) is 10.0. The maximum absolute atomic E-state index is 7.26. The Morgan fingerprint density at radius 3 is 2.33 bits per heavy atom. The maximum atomic E-state index is 7.26. The summed E-state index contributed by atoms with van der Waals surface area (Å²) in [5.74, 6) is 0.911. The van der Waals surface area contributed by atoms with E-state index < -0.39 is 0 Å². The van der Waals surface area contributed by atoms with E-state index in [9.17, 15) is 0 Å². The molecule has 0 saturated carbocycles. The van der Waals surface area contributed by atoms with E-state index in [-0.39, 0.29) is 0 Å². The molecule has 2 nitrogen and oxygen atoms in total. The SMILES string of the molecule is COc1ccc2ccccc2c1.N#C[Se]. The van der Waals surface area contributed by atoms with Crippen molar-refractivity contribution in [2.75, 3.05) is 7.11 Å². The van der Waals surface area contributed by atoms with Crippen molar-refractivity contribution in [2.45, 2.75) is 0 Å². The topological polar surface area (TPSA) is 33.0 Å². The van der Waals surface area contributed by atoms with E-state index in [0.29, 0.717) is 0 Å². The molecule has 75 valence electrons. The molecular weight excluding hydrogens is 253 g/mol. The number of hydrogen-bond acceptors (Lipinski definition) is 2. The average Bonchev–Trinajstić information content (AvgIpc) is 2.29. The number of hydrogen-bond donors (Lipinski definition) is 0. The Balaban J connectivity index is 0.000000337. The van der Waals surface area contributed by atoms with E-state index in [2.05, 4.69) is 34.2 Å². The first-order valence-corrected chi connectivity index (χ1v) is 5.21. The van der Waals surface area contributed by atoms with Crippen LogP contribution in [0, 0.1) is 10.2 Å². The van der Waals surface area contributed by atoms with Gasteiger partial charge in [0.25, 0.3) is 0 Å². The van der Waals surface area contributed by atoms with Gasteiger partial charge in [-0.15, -0.1) is 0 Å². The van der Waals surface area contributed by atoms with Gasteiger partial charge in [0.15, 0.2) is 0 Å². The van der Waals surface area contributed by atoms with E-state index in [0.717, 1.165) is 5.75 Å². The van der Waals surface area contributed by atoms with Crippen LogP contribution >= 0.6 is 0 Å². The second kappa shape index (κ2) is 6.08. The second-order valence-corrected chi connectivity index (χ2v) is 3.19. The Morgan fingerprint density at radius 1 is 1.13 bits per heavy atom. The summed E-state index contributed by atoms with van der Waals surface area (Å²) in [7, 11) is 1.68. The summed E-state index contributed by atoms with van der Waals surface area (Å²) >= 11 is 2.11. The number of fused-ring (bicyclic) bond motifs is 1. The normalized spacial score (nSPS) is 8.53. The van der Waals surface area contributed by atoms with Gasteiger partial charge in [-0.2, -0.15) is 0 Å². The summed E-state index contributed by atoms with van der Waals surface area (Å²) in [6.07, 6.45) is 0. The van der Waals surface area contributed by atoms with Crippen LogP contribution in [-0.2, 0) is 0 Å². The van der Waals surface area contributed by atoms with Crippen LogP contribution in [0.3, 0.4) is 0 Å². The van der Waals surface area contributed by atoms with Crippen LogP contribution in [0.15, 0.2) is 42.5 Å². The van der Waals surface area contributed by atoms with Crippen molar-refractivity contribution in [3.05, 3.63) is 42.5 Å². The molecule has 2 aromatic carbocycles. The van der Waals surface area contributed by atoms with Crippen molar-refractivity contribution < 1.29 is 4.74 Å². The molecule has 0 N–H and O–H groups in total. The van der Waals surface area contributed by atoms with Crippen LogP contribution in [0.2, 0.25) is 0 Å². The average molecular weight is 263 g/mol. The van der Waals surface area contributed by atoms with Crippen molar-refractivity contribution >= 4 is 26.8 Å². The van der Waals surface area contributed by atoms with Gasteiger partial charge < -0.3 is 4.74 Å². The standard InChI is InChI=1S/C11H10O.CNSe/c1-12-11-7-6-9-4-2-3-5-10(9)8-11;2-1-3/h2-8H,1H3;. The molecule has 0 bridgehead atoms. The van der Waals surface area contributed by atoms with E-state index in [1.54, 1.807) is 12.1 Å². The summed E-state index contributed by atoms with van der Waals surface area (Å²) in [4.78, 5) is 1.62. The Bertz CT molecular complexity index is 476. The zero-order valence-electron chi connectivity index (χ0n) is 8.31. The molecule has 0 unspecified atom stereocenters. The monoisotopic (exact) mass is 264 g/mol. The van der Waals surface area contributed by atoms with Crippen molar-refractivity contribution in [3.8, 4) is 10.7 Å². The Labute approximate surface area is 97.3 Å². The minimum absolute atomic E-state index is 0.911. The van der Waals surface area contributed by atoms with Gasteiger partial charge in [0, 0.05) is 0 Å². The molecule has 15 heavy (non-hydrogen) atoms. The predicted octanol–water partition coefficient (Wildman–Crippen LogP) is 2.48. The third-order valence-corrected chi connectivity index (χ3v) is 1.96. The molecule has 0 aliphatic heterocycles. The molecule has 0 fully saturated rings. The Morgan fingerprint density at radius 2 is 1.73 bits per heavy atom. The molecule has 0 aliphatic carbocycles. The molecule has 2 rings (SSSR count). The van der Waals surface area contributed by atoms with Crippen molar-refractivity contribution in [2.24, 2.45) is 0 Å². The summed E-state index contributed by atoms with van der Waals surface area (Å²) in [6, 6.07) is 14.3. The van der Waals surface area contributed by atoms with Crippen LogP contribution in [-0.4, -0.2) is 23.1 Å². The number of nitriles is 1. The van der Waals surface area contributed by atoms with Crippen molar-refractivity contribution in [1.82, 2.24) is 0 Å². The molecule has 0 heterocycles. The second-order valence-electron chi connectivity index (χ2n) is 2.80. The first-order chi connectivity index (χ1) is 7.31. The first-order valence-electron chi connectivity index (χ1n) is 4.36. The summed E-state index contributed by atoms with van der Waals surface area (Å²) in [5, 5.41) is 9.73. The van der Waals surface area contributed by atoms with E-state index >= 15 is 0 Å². The summed E-state index contributed by atoms with van der Waals surface area (Å²) in [6.45, 7) is 0. The van der Waals surface area contributed by atoms with E-state index in [4.69, 9.17) is 10.00 Å². The third-order valence-electron chi connectivity index (χ3n) is 1.96. The van der Waals surface area contributed by atoms with Crippen molar-refractivity contribution in [3.63, 3.8) is 0 Å². The van der Waals surface area contributed by atoms with Crippen LogP contribution in [0.1, 0.15) is 0 Å². The van der Waals surface area contributed by atoms with E-state index in [1.165, 1.54) is 10.8 Å². The fourth-order valence-electron chi connectivity index (χ4n) is 1.29. The molecule has 0 aromatic heterocycles. The van der Waals surface area contributed by atoms with Crippen LogP contribution in [0.4, 0.5) is 0 Å². The fraction of sp³-hybridized carbons (Fsp3) is 0.0833. The Kier molecular flexibility index (Phi) is 4.69. The van der Waals surface area contributed by atoms with Gasteiger partial charge in [0.1, 0.15) is 5.75 Å². The van der Waals surface area contributed by atoms with Crippen LogP contribution < -0.4 is 4.74 Å². The molecule has 2 aromatic rings. The van der Waals surface area contributed by atoms with Crippen LogP contribution in [0.5, 0.6) is 5.75 Å². The molecule has 0 spiro atoms. The zero-order chi connectivity index (χ0) is 11.1. The molecule has 1 radical (unpaired) electrons. The van der Waals surface area contributed by atoms with Gasteiger partial charge in [-0.25, -0.2) is 0 Å². The summed E-state index contributed by atoms with van der Waals surface area (Å²) in [5.41, 5.74) is 0. The number of methoxy groups -OCH3 is 1. The number of ether oxygens (including phenoxy) is 1. The quantitative estimate of drug-likeness (QED) is 0.740. The number of nitrogens with zero attached hydrogens (tertiary/aromatic N) is 1. The van der Waals surface area contributed by atoms with Gasteiger partial charge in [-0.1, -0.05) is 30.3 Å². The van der Waals surface area contributed by atoms with Gasteiger partial charge in [0.2, 0.25) is 0 Å².